The summed E-state index contributed by atoms with van der Waals surface area (Å²) < 4.78 is 12.6. The third-order valence-electron chi connectivity index (χ3n) is 5.51. The molecule has 0 N–H and O–H groups in total. The van der Waals surface area contributed by atoms with E-state index in [1.165, 1.54) is 0 Å². The largest absolute Gasteiger partial charge is 0.450 e. The number of methoxy groups -OCH3 is 1. The van der Waals surface area contributed by atoms with Gasteiger partial charge in [-0.05, 0) is 25.3 Å². The third kappa shape index (κ3) is 4.99. The topological polar surface area (TPSA) is 76.9 Å². The Labute approximate surface area is 177 Å². The highest BCUT2D eigenvalue weighted by atomic mass is 16.6. The number of hydrogen-bond acceptors (Lipinski definition) is 5. The van der Waals surface area contributed by atoms with Gasteiger partial charge >= 0.3 is 6.09 Å². The molecule has 2 heterocycles. The Balaban J connectivity index is 1.79. The van der Waals surface area contributed by atoms with Crippen molar-refractivity contribution in [2.75, 3.05) is 26.8 Å². The molecule has 30 heavy (non-hydrogen) atoms. The molecule has 1 aromatic heterocycles. The van der Waals surface area contributed by atoms with Crippen LogP contribution in [0.1, 0.15) is 37.3 Å². The summed E-state index contributed by atoms with van der Waals surface area (Å²) in [4.78, 5) is 33.6. The van der Waals surface area contributed by atoms with E-state index in [0.29, 0.717) is 39.1 Å². The average Bonchev–Trinajstić information content (AvgIpc) is 3.18. The standard InChI is InChI=1S/C22H30N4O4/c1-4-30-22(28)25-13-10-18(11-14-25)26(16-19-23-12-15-24(19)2)21(27)20(29-3)17-8-6-5-7-9-17/h5-9,12,15,18,20H,4,10-11,13-14,16H2,1-3H3. The highest BCUT2D eigenvalue weighted by Crippen LogP contribution is 2.26. The Hall–Kier alpha value is -2.87. The maximum atomic E-state index is 13.6. The van der Waals surface area contributed by atoms with Crippen LogP contribution >= 0.6 is 0 Å². The predicted octanol–water partition coefficient (Wildman–Crippen LogP) is 2.76. The van der Waals surface area contributed by atoms with Crippen LogP contribution in [0.3, 0.4) is 0 Å². The first kappa shape index (κ1) is 21.8. The highest BCUT2D eigenvalue weighted by molar-refractivity contribution is 5.82. The zero-order valence-electron chi connectivity index (χ0n) is 17.9. The van der Waals surface area contributed by atoms with Gasteiger partial charge in [-0.3, -0.25) is 4.79 Å². The zero-order chi connectivity index (χ0) is 21.5. The van der Waals surface area contributed by atoms with E-state index in [4.69, 9.17) is 9.47 Å². The molecule has 0 spiro atoms. The molecule has 2 aromatic rings. The molecule has 1 aromatic carbocycles. The molecule has 1 atom stereocenters. The number of hydrogen-bond donors (Lipinski definition) is 0. The van der Waals surface area contributed by atoms with E-state index >= 15 is 0 Å². The lowest BCUT2D eigenvalue weighted by atomic mass is 10.0. The number of aryl methyl sites for hydroxylation is 1. The molecule has 8 nitrogen and oxygen atoms in total. The van der Waals surface area contributed by atoms with Crippen LogP contribution in [0.2, 0.25) is 0 Å². The van der Waals surface area contributed by atoms with Crippen LogP contribution in [0.25, 0.3) is 0 Å². The molecule has 2 amide bonds. The maximum absolute atomic E-state index is 13.6. The zero-order valence-corrected chi connectivity index (χ0v) is 17.9. The maximum Gasteiger partial charge on any atom is 0.409 e. The number of ether oxygens (including phenoxy) is 2. The third-order valence-corrected chi connectivity index (χ3v) is 5.51. The first-order chi connectivity index (χ1) is 14.5. The van der Waals surface area contributed by atoms with E-state index in [1.807, 2.05) is 53.0 Å². The lowest BCUT2D eigenvalue weighted by molar-refractivity contribution is -0.146. The minimum Gasteiger partial charge on any atom is -0.450 e. The van der Waals surface area contributed by atoms with Crippen molar-refractivity contribution in [1.29, 1.82) is 0 Å². The summed E-state index contributed by atoms with van der Waals surface area (Å²) in [6.07, 6.45) is 3.98. The first-order valence-corrected chi connectivity index (χ1v) is 10.3. The molecular formula is C22H30N4O4. The van der Waals surface area contributed by atoms with Gasteiger partial charge in [0, 0.05) is 45.7 Å². The Morgan fingerprint density at radius 3 is 2.50 bits per heavy atom. The minimum atomic E-state index is -0.686. The van der Waals surface area contributed by atoms with Crippen LogP contribution in [0.4, 0.5) is 4.79 Å². The number of aromatic nitrogens is 2. The molecule has 0 saturated carbocycles. The summed E-state index contributed by atoms with van der Waals surface area (Å²) in [6, 6.07) is 9.49. The number of carbonyl (C=O) groups excluding carboxylic acids is 2. The molecule has 0 radical (unpaired) electrons. The van der Waals surface area contributed by atoms with Crippen molar-refractivity contribution in [2.45, 2.75) is 38.5 Å². The Bertz CT molecular complexity index is 831. The molecule has 162 valence electrons. The molecule has 1 aliphatic heterocycles. The Morgan fingerprint density at radius 2 is 1.93 bits per heavy atom. The van der Waals surface area contributed by atoms with Crippen molar-refractivity contribution in [2.24, 2.45) is 7.05 Å². The van der Waals surface area contributed by atoms with Gasteiger partial charge in [0.2, 0.25) is 0 Å². The van der Waals surface area contributed by atoms with Crippen molar-refractivity contribution in [1.82, 2.24) is 19.4 Å². The summed E-state index contributed by atoms with van der Waals surface area (Å²) in [5, 5.41) is 0. The van der Waals surface area contributed by atoms with E-state index in [-0.39, 0.29) is 18.0 Å². The number of carbonyl (C=O) groups is 2. The monoisotopic (exact) mass is 414 g/mol. The van der Waals surface area contributed by atoms with E-state index < -0.39 is 6.10 Å². The molecule has 1 unspecified atom stereocenters. The fourth-order valence-electron chi connectivity index (χ4n) is 3.82. The first-order valence-electron chi connectivity index (χ1n) is 10.3. The van der Waals surface area contributed by atoms with Gasteiger partial charge in [-0.15, -0.1) is 0 Å². The van der Waals surface area contributed by atoms with E-state index in [9.17, 15) is 9.59 Å². The molecule has 8 heteroatoms. The van der Waals surface area contributed by atoms with Crippen LogP contribution in [-0.2, 0) is 27.9 Å². The second-order valence-corrected chi connectivity index (χ2v) is 7.36. The van der Waals surface area contributed by atoms with Crippen LogP contribution < -0.4 is 0 Å². The lowest BCUT2D eigenvalue weighted by Crippen LogP contribution is -2.50. The van der Waals surface area contributed by atoms with Gasteiger partial charge in [-0.1, -0.05) is 30.3 Å². The fourth-order valence-corrected chi connectivity index (χ4v) is 3.82. The molecule has 1 saturated heterocycles. The molecule has 1 aliphatic rings. The molecular weight excluding hydrogens is 384 g/mol. The Morgan fingerprint density at radius 1 is 1.23 bits per heavy atom. The van der Waals surface area contributed by atoms with Crippen LogP contribution in [0.5, 0.6) is 0 Å². The fraction of sp³-hybridized carbons (Fsp3) is 0.500. The summed E-state index contributed by atoms with van der Waals surface area (Å²) in [5.41, 5.74) is 0.818. The van der Waals surface area contributed by atoms with Crippen molar-refractivity contribution in [3.63, 3.8) is 0 Å². The van der Waals surface area contributed by atoms with Crippen LogP contribution in [0, 0.1) is 0 Å². The number of rotatable bonds is 7. The van der Waals surface area contributed by atoms with Gasteiger partial charge in [0.05, 0.1) is 13.2 Å². The minimum absolute atomic E-state index is 0.0127. The van der Waals surface area contributed by atoms with Gasteiger partial charge in [0.25, 0.3) is 5.91 Å². The highest BCUT2D eigenvalue weighted by Gasteiger charge is 2.34. The van der Waals surface area contributed by atoms with Gasteiger partial charge in [0.1, 0.15) is 5.82 Å². The lowest BCUT2D eigenvalue weighted by Gasteiger charge is -2.39. The summed E-state index contributed by atoms with van der Waals surface area (Å²) in [6.45, 7) is 3.65. The van der Waals surface area contributed by atoms with Crippen molar-refractivity contribution in [3.05, 3.63) is 54.1 Å². The normalized spacial score (nSPS) is 15.6. The van der Waals surface area contributed by atoms with Crippen molar-refractivity contribution >= 4 is 12.0 Å². The Kier molecular flexibility index (Phi) is 7.46. The quantitative estimate of drug-likeness (QED) is 0.696. The molecule has 0 bridgehead atoms. The predicted molar refractivity (Wildman–Crippen MR) is 112 cm³/mol. The smallest absolute Gasteiger partial charge is 0.409 e. The van der Waals surface area contributed by atoms with Gasteiger partial charge in [-0.25, -0.2) is 9.78 Å². The molecule has 1 fully saturated rings. The summed E-state index contributed by atoms with van der Waals surface area (Å²) >= 11 is 0. The molecule has 0 aliphatic carbocycles. The SMILES string of the molecule is CCOC(=O)N1CCC(N(Cc2nccn2C)C(=O)C(OC)c2ccccc2)CC1. The van der Waals surface area contributed by atoms with Gasteiger partial charge in [0.15, 0.2) is 6.10 Å². The number of benzene rings is 1. The van der Waals surface area contributed by atoms with E-state index in [0.717, 1.165) is 11.4 Å². The summed E-state index contributed by atoms with van der Waals surface area (Å²) in [5.74, 6) is 0.709. The second kappa shape index (κ2) is 10.2. The second-order valence-electron chi connectivity index (χ2n) is 7.36. The van der Waals surface area contributed by atoms with Gasteiger partial charge in [-0.2, -0.15) is 0 Å². The number of nitrogens with zero attached hydrogens (tertiary/aromatic N) is 4. The number of likely N-dealkylation sites (tertiary alicyclic amines) is 1. The van der Waals surface area contributed by atoms with Gasteiger partial charge < -0.3 is 23.8 Å². The number of amides is 2. The van der Waals surface area contributed by atoms with Crippen LogP contribution in [0.15, 0.2) is 42.7 Å². The van der Waals surface area contributed by atoms with Crippen LogP contribution in [-0.4, -0.2) is 64.2 Å². The summed E-state index contributed by atoms with van der Waals surface area (Å²) in [7, 11) is 3.47. The molecule has 3 rings (SSSR count). The van der Waals surface area contributed by atoms with Crippen molar-refractivity contribution < 1.29 is 19.1 Å². The van der Waals surface area contributed by atoms with E-state index in [1.54, 1.807) is 25.1 Å². The van der Waals surface area contributed by atoms with Crippen molar-refractivity contribution in [3.8, 4) is 0 Å². The van der Waals surface area contributed by atoms with E-state index in [2.05, 4.69) is 4.98 Å². The number of piperidine rings is 1. The number of imidazole rings is 1. The average molecular weight is 415 g/mol.